The van der Waals surface area contributed by atoms with Crippen LogP contribution in [0, 0.1) is 10.1 Å². The molecule has 0 fully saturated rings. The first-order valence-electron chi connectivity index (χ1n) is 7.83. The van der Waals surface area contributed by atoms with Gasteiger partial charge in [0.1, 0.15) is 12.6 Å². The van der Waals surface area contributed by atoms with Crippen LogP contribution in [0.2, 0.25) is 0 Å². The van der Waals surface area contributed by atoms with Crippen LogP contribution in [0.4, 0.5) is 5.69 Å². The Morgan fingerprint density at radius 2 is 1.77 bits per heavy atom. The molecule has 0 saturated carbocycles. The van der Waals surface area contributed by atoms with E-state index in [1.807, 2.05) is 30.3 Å². The maximum absolute atomic E-state index is 11.9. The number of para-hydroxylation sites is 1. The number of nitrogens with one attached hydrogen (secondary N) is 1. The van der Waals surface area contributed by atoms with Crippen LogP contribution in [0.3, 0.4) is 0 Å². The van der Waals surface area contributed by atoms with Gasteiger partial charge in [-0.3, -0.25) is 14.9 Å². The number of benzene rings is 2. The monoisotopic (exact) mass is 358 g/mol. The highest BCUT2D eigenvalue weighted by Gasteiger charge is 2.24. The van der Waals surface area contributed by atoms with Gasteiger partial charge < -0.3 is 15.2 Å². The molecule has 0 aliphatic heterocycles. The Balaban J connectivity index is 1.92. The van der Waals surface area contributed by atoms with Crippen molar-refractivity contribution in [3.63, 3.8) is 0 Å². The lowest BCUT2D eigenvalue weighted by Crippen LogP contribution is -2.43. The molecule has 2 rings (SSSR count). The highest BCUT2D eigenvalue weighted by atomic mass is 16.6. The average Bonchev–Trinajstić information content (AvgIpc) is 2.62. The lowest BCUT2D eigenvalue weighted by atomic mass is 10.0. The molecule has 2 N–H and O–H groups in total. The molecule has 0 aliphatic rings. The molecule has 0 aliphatic carbocycles. The second kappa shape index (κ2) is 9.28. The molecule has 0 spiro atoms. The highest BCUT2D eigenvalue weighted by molar-refractivity contribution is 5.84. The van der Waals surface area contributed by atoms with Crippen LogP contribution in [-0.4, -0.2) is 34.6 Å². The van der Waals surface area contributed by atoms with Crippen LogP contribution < -0.4 is 5.32 Å². The first-order valence-corrected chi connectivity index (χ1v) is 7.83. The zero-order valence-electron chi connectivity index (χ0n) is 13.8. The number of ether oxygens (including phenoxy) is 1. The highest BCUT2D eigenvalue weighted by Crippen LogP contribution is 2.19. The lowest BCUT2D eigenvalue weighted by Gasteiger charge is -2.15. The van der Waals surface area contributed by atoms with Crippen molar-refractivity contribution in [3.8, 4) is 0 Å². The van der Waals surface area contributed by atoms with Crippen molar-refractivity contribution in [3.05, 3.63) is 75.8 Å². The van der Waals surface area contributed by atoms with Gasteiger partial charge in [-0.2, -0.15) is 0 Å². The van der Waals surface area contributed by atoms with Crippen LogP contribution in [0.25, 0.3) is 0 Å². The average molecular weight is 358 g/mol. The molecule has 136 valence electrons. The fourth-order valence-electron chi connectivity index (χ4n) is 2.35. The third-order valence-electron chi connectivity index (χ3n) is 3.59. The molecule has 0 bridgehead atoms. The van der Waals surface area contributed by atoms with Gasteiger partial charge in [-0.05, 0) is 5.56 Å². The fourth-order valence-corrected chi connectivity index (χ4v) is 2.35. The van der Waals surface area contributed by atoms with Crippen molar-refractivity contribution in [2.24, 2.45) is 0 Å². The standard InChI is InChI=1S/C18H18N2O6/c21-17(12-26-11-13-6-2-1-3-7-13)19-15(18(22)23)10-14-8-4-5-9-16(14)20(24)25/h1-9,15H,10-12H2,(H,19,21)(H,22,23)/t15-/m1/s1. The van der Waals surface area contributed by atoms with Crippen LogP contribution >= 0.6 is 0 Å². The van der Waals surface area contributed by atoms with E-state index < -0.39 is 22.8 Å². The van der Waals surface area contributed by atoms with Crippen molar-refractivity contribution >= 4 is 17.6 Å². The SMILES string of the molecule is O=C(COCc1ccccc1)N[C@H](Cc1ccccc1[N+](=O)[O-])C(=O)O. The summed E-state index contributed by atoms with van der Waals surface area (Å²) < 4.78 is 5.26. The van der Waals surface area contributed by atoms with Gasteiger partial charge in [0.05, 0.1) is 11.5 Å². The Morgan fingerprint density at radius 1 is 1.12 bits per heavy atom. The Morgan fingerprint density at radius 3 is 2.42 bits per heavy atom. The van der Waals surface area contributed by atoms with E-state index in [-0.39, 0.29) is 30.9 Å². The third-order valence-corrected chi connectivity index (χ3v) is 3.59. The van der Waals surface area contributed by atoms with Crippen molar-refractivity contribution < 1.29 is 24.4 Å². The van der Waals surface area contributed by atoms with E-state index in [1.165, 1.54) is 18.2 Å². The summed E-state index contributed by atoms with van der Waals surface area (Å²) in [5, 5.41) is 22.6. The molecule has 0 unspecified atom stereocenters. The summed E-state index contributed by atoms with van der Waals surface area (Å²) in [5.74, 6) is -1.88. The Kier molecular flexibility index (Phi) is 6.81. The third kappa shape index (κ3) is 5.67. The molecule has 2 aromatic carbocycles. The molecule has 26 heavy (non-hydrogen) atoms. The summed E-state index contributed by atoms with van der Waals surface area (Å²) in [6.07, 6.45) is -0.198. The van der Waals surface area contributed by atoms with E-state index in [2.05, 4.69) is 5.32 Å². The van der Waals surface area contributed by atoms with E-state index in [0.29, 0.717) is 0 Å². The maximum Gasteiger partial charge on any atom is 0.326 e. The molecule has 8 nitrogen and oxygen atoms in total. The number of hydrogen-bond acceptors (Lipinski definition) is 5. The number of hydrogen-bond donors (Lipinski definition) is 2. The van der Waals surface area contributed by atoms with E-state index >= 15 is 0 Å². The molecule has 0 radical (unpaired) electrons. The molecular weight excluding hydrogens is 340 g/mol. The minimum Gasteiger partial charge on any atom is -0.480 e. The van der Waals surface area contributed by atoms with Gasteiger partial charge in [0.2, 0.25) is 5.91 Å². The number of nitro benzene ring substituents is 1. The van der Waals surface area contributed by atoms with Gasteiger partial charge in [-0.15, -0.1) is 0 Å². The number of rotatable bonds is 9. The number of carboxylic acid groups (broad SMARTS) is 1. The smallest absolute Gasteiger partial charge is 0.326 e. The zero-order chi connectivity index (χ0) is 18.9. The lowest BCUT2D eigenvalue weighted by molar-refractivity contribution is -0.385. The summed E-state index contributed by atoms with van der Waals surface area (Å²) >= 11 is 0. The van der Waals surface area contributed by atoms with Crippen LogP contribution in [0.15, 0.2) is 54.6 Å². The molecule has 2 aromatic rings. The first-order chi connectivity index (χ1) is 12.5. The van der Waals surface area contributed by atoms with Gasteiger partial charge in [-0.1, -0.05) is 48.5 Å². The zero-order valence-corrected chi connectivity index (χ0v) is 13.8. The number of nitrogens with zero attached hydrogens (tertiary/aromatic N) is 1. The van der Waals surface area contributed by atoms with Crippen LogP contribution in [0.5, 0.6) is 0 Å². The van der Waals surface area contributed by atoms with Crippen molar-refractivity contribution in [1.82, 2.24) is 5.32 Å². The minimum absolute atomic E-state index is 0.187. The summed E-state index contributed by atoms with van der Waals surface area (Å²) in [6.45, 7) is -0.0916. The fraction of sp³-hybridized carbons (Fsp3) is 0.222. The molecule has 0 heterocycles. The Bertz CT molecular complexity index is 778. The van der Waals surface area contributed by atoms with E-state index in [0.717, 1.165) is 5.56 Å². The van der Waals surface area contributed by atoms with Gasteiger partial charge >= 0.3 is 5.97 Å². The molecular formula is C18H18N2O6. The second-order valence-corrected chi connectivity index (χ2v) is 5.53. The predicted octanol–water partition coefficient (Wildman–Crippen LogP) is 1.92. The second-order valence-electron chi connectivity index (χ2n) is 5.53. The number of carbonyl (C=O) groups is 2. The Labute approximate surface area is 149 Å². The van der Waals surface area contributed by atoms with Gasteiger partial charge in [0.25, 0.3) is 5.69 Å². The van der Waals surface area contributed by atoms with Gasteiger partial charge in [-0.25, -0.2) is 4.79 Å². The van der Waals surface area contributed by atoms with Crippen molar-refractivity contribution in [2.45, 2.75) is 19.1 Å². The van der Waals surface area contributed by atoms with Crippen LogP contribution in [0.1, 0.15) is 11.1 Å². The predicted molar refractivity (Wildman–Crippen MR) is 92.5 cm³/mol. The number of aliphatic carboxylic acids is 1. The van der Waals surface area contributed by atoms with Crippen molar-refractivity contribution in [1.29, 1.82) is 0 Å². The normalized spacial score (nSPS) is 11.5. The first kappa shape index (κ1) is 19.1. The molecule has 8 heteroatoms. The van der Waals surface area contributed by atoms with Crippen molar-refractivity contribution in [2.75, 3.05) is 6.61 Å². The molecule has 0 aromatic heterocycles. The number of amides is 1. The van der Waals surface area contributed by atoms with Crippen LogP contribution in [-0.2, 0) is 27.4 Å². The summed E-state index contributed by atoms with van der Waals surface area (Å²) in [6, 6.07) is 13.8. The minimum atomic E-state index is -1.29. The molecule has 1 amide bonds. The molecule has 1 atom stereocenters. The van der Waals surface area contributed by atoms with Gasteiger partial charge in [0.15, 0.2) is 0 Å². The molecule has 0 saturated heterocycles. The van der Waals surface area contributed by atoms with E-state index in [9.17, 15) is 24.8 Å². The van der Waals surface area contributed by atoms with Gasteiger partial charge in [0, 0.05) is 18.1 Å². The topological polar surface area (TPSA) is 119 Å². The Hall–Kier alpha value is -3.26. The van der Waals surface area contributed by atoms with E-state index in [4.69, 9.17) is 4.74 Å². The summed E-state index contributed by atoms with van der Waals surface area (Å²) in [4.78, 5) is 33.8. The summed E-state index contributed by atoms with van der Waals surface area (Å²) in [5.41, 5.74) is 0.929. The largest absolute Gasteiger partial charge is 0.480 e. The summed E-state index contributed by atoms with van der Waals surface area (Å²) in [7, 11) is 0. The quantitative estimate of drug-likeness (QED) is 0.522. The maximum atomic E-state index is 11.9. The number of carboxylic acids is 1. The van der Waals surface area contributed by atoms with E-state index in [1.54, 1.807) is 6.07 Å². The number of nitro groups is 1. The number of carbonyl (C=O) groups excluding carboxylic acids is 1.